The number of hydrogen-bond acceptors (Lipinski definition) is 19. The molecule has 19 nitrogen and oxygen atoms in total. The maximum absolute atomic E-state index is 12.6. The predicted molar refractivity (Wildman–Crippen MR) is 240 cm³/mol. The van der Waals surface area contributed by atoms with Crippen molar-refractivity contribution in [2.75, 3.05) is 19.8 Å². The van der Waals surface area contributed by atoms with E-state index in [1.165, 1.54) is 13.8 Å². The molecule has 3 aliphatic heterocycles. The van der Waals surface area contributed by atoms with E-state index in [1.807, 2.05) is 6.92 Å². The van der Waals surface area contributed by atoms with Crippen LogP contribution in [0.2, 0.25) is 0 Å². The molecule has 0 aromatic carbocycles. The van der Waals surface area contributed by atoms with E-state index in [0.29, 0.717) is 25.7 Å². The van der Waals surface area contributed by atoms with Crippen LogP contribution >= 0.6 is 0 Å². The van der Waals surface area contributed by atoms with E-state index in [2.05, 4.69) is 40.7 Å². The molecule has 68 heavy (non-hydrogen) atoms. The van der Waals surface area contributed by atoms with Crippen LogP contribution in [0.4, 0.5) is 0 Å². The van der Waals surface area contributed by atoms with Gasteiger partial charge in [0.05, 0.1) is 55.9 Å². The molecule has 26 atom stereocenters. The molecule has 13 N–H and O–H groups in total. The molecule has 0 spiro atoms. The van der Waals surface area contributed by atoms with Crippen LogP contribution in [-0.4, -0.2) is 202 Å². The summed E-state index contributed by atoms with van der Waals surface area (Å²) in [6, 6.07) is 0. The summed E-state index contributed by atoms with van der Waals surface area (Å²) in [7, 11) is 0. The fourth-order valence-electron chi connectivity index (χ4n) is 14.3. The second-order valence-corrected chi connectivity index (χ2v) is 23.5. The van der Waals surface area contributed by atoms with Crippen molar-refractivity contribution in [3.63, 3.8) is 0 Å². The van der Waals surface area contributed by atoms with Crippen LogP contribution in [0.3, 0.4) is 0 Å². The number of fused-ring (bicyclic) bond motifs is 5. The van der Waals surface area contributed by atoms with Crippen LogP contribution in [0.25, 0.3) is 0 Å². The maximum Gasteiger partial charge on any atom is 0.187 e. The predicted octanol–water partition coefficient (Wildman–Crippen LogP) is -0.810. The van der Waals surface area contributed by atoms with Crippen molar-refractivity contribution in [1.29, 1.82) is 0 Å². The number of aliphatic hydroxyl groups excluding tert-OH is 12. The van der Waals surface area contributed by atoms with Gasteiger partial charge in [-0.15, -0.1) is 0 Å². The molecule has 0 radical (unpaired) electrons. The van der Waals surface area contributed by atoms with Crippen LogP contribution in [0.1, 0.15) is 107 Å². The van der Waals surface area contributed by atoms with Crippen molar-refractivity contribution in [1.82, 2.24) is 0 Å². The van der Waals surface area contributed by atoms with E-state index in [4.69, 9.17) is 28.4 Å². The van der Waals surface area contributed by atoms with Gasteiger partial charge in [0.25, 0.3) is 0 Å². The minimum Gasteiger partial charge on any atom is -0.394 e. The Bertz CT molecular complexity index is 1740. The minimum absolute atomic E-state index is 0.0145. The Morgan fingerprint density at radius 1 is 0.721 bits per heavy atom. The summed E-state index contributed by atoms with van der Waals surface area (Å²) < 4.78 is 35.6. The molecule has 3 saturated carbocycles. The van der Waals surface area contributed by atoms with E-state index in [1.54, 1.807) is 6.92 Å². The first kappa shape index (κ1) is 54.7. The molecule has 0 aromatic rings. The highest BCUT2D eigenvalue weighted by molar-refractivity contribution is 5.32. The molecule has 4 aliphatic carbocycles. The molecule has 6 fully saturated rings. The summed E-state index contributed by atoms with van der Waals surface area (Å²) in [6.07, 6.45) is -16.8. The number of ether oxygens (including phenoxy) is 6. The second-order valence-electron chi connectivity index (χ2n) is 23.5. The molecular formula is C49H84O19. The summed E-state index contributed by atoms with van der Waals surface area (Å²) in [5.74, 6) is -1.02. The first-order valence-electron chi connectivity index (χ1n) is 24.9. The molecule has 7 rings (SSSR count). The van der Waals surface area contributed by atoms with Crippen LogP contribution in [0.5, 0.6) is 0 Å². The fourth-order valence-corrected chi connectivity index (χ4v) is 14.3. The van der Waals surface area contributed by atoms with Gasteiger partial charge in [0, 0.05) is 23.2 Å². The van der Waals surface area contributed by atoms with Crippen molar-refractivity contribution in [2.24, 2.45) is 51.2 Å². The third kappa shape index (κ3) is 9.21. The molecule has 0 amide bonds. The van der Waals surface area contributed by atoms with Gasteiger partial charge in [-0.05, 0) is 86.9 Å². The second kappa shape index (κ2) is 20.0. The van der Waals surface area contributed by atoms with Crippen molar-refractivity contribution in [2.45, 2.75) is 223 Å². The lowest BCUT2D eigenvalue weighted by Gasteiger charge is -2.67. The molecule has 1 unspecified atom stereocenters. The Balaban J connectivity index is 1.03. The fraction of sp³-hybridized carbons (Fsp3) is 0.959. The molecule has 19 heteroatoms. The Labute approximate surface area is 400 Å². The van der Waals surface area contributed by atoms with Gasteiger partial charge >= 0.3 is 0 Å². The topological polar surface area (TPSA) is 318 Å². The lowest BCUT2D eigenvalue weighted by Crippen LogP contribution is -2.65. The molecule has 3 heterocycles. The van der Waals surface area contributed by atoms with E-state index in [0.717, 1.165) is 18.4 Å². The van der Waals surface area contributed by atoms with Gasteiger partial charge in [0.2, 0.25) is 0 Å². The summed E-state index contributed by atoms with van der Waals surface area (Å²) >= 11 is 0. The molecule has 0 bridgehead atoms. The van der Waals surface area contributed by atoms with E-state index in [-0.39, 0.29) is 35.5 Å². The smallest absolute Gasteiger partial charge is 0.187 e. The van der Waals surface area contributed by atoms with E-state index in [9.17, 15) is 66.4 Å². The van der Waals surface area contributed by atoms with Crippen LogP contribution in [0.15, 0.2) is 11.6 Å². The van der Waals surface area contributed by atoms with Crippen molar-refractivity contribution < 1.29 is 94.8 Å². The lowest BCUT2D eigenvalue weighted by molar-refractivity contribution is -0.339. The third-order valence-electron chi connectivity index (χ3n) is 19.2. The Morgan fingerprint density at radius 3 is 1.91 bits per heavy atom. The maximum atomic E-state index is 12.6. The van der Waals surface area contributed by atoms with Crippen LogP contribution in [0, 0.1) is 51.2 Å². The Kier molecular flexibility index (Phi) is 16.1. The molecule has 3 saturated heterocycles. The number of allylic oxidation sites excluding steroid dienone is 1. The zero-order chi connectivity index (χ0) is 50.4. The monoisotopic (exact) mass is 977 g/mol. The normalized spacial score (nSPS) is 50.9. The minimum atomic E-state index is -1.77. The van der Waals surface area contributed by atoms with Gasteiger partial charge in [-0.2, -0.15) is 0 Å². The van der Waals surface area contributed by atoms with Gasteiger partial charge < -0.3 is 94.8 Å². The SMILES string of the molecule is C[C@@H]1[C@@H](O)[C@H](OC[C@H]2O[C@@H](O[C@H](CC(O)[C@@H](C)[C@H]3CC[C@@]4(C)[C@@H]5CC=C6[C@@H](CC[C@H](O[C@@H]7O[C@H](CO)[C@@H](O)[C@H](O)[C@H]7O)C6(C)C)[C@]5(C)[C@@H](O)C[C@]34C)C(C)(C)O)[C@H](O)[C@@H](O)[C@@H]2O)O[C@H](CO)[C@H]1O. The van der Waals surface area contributed by atoms with Gasteiger partial charge in [-0.1, -0.05) is 60.1 Å². The number of aliphatic hydroxyl groups is 13. The zero-order valence-electron chi connectivity index (χ0n) is 41.2. The highest BCUT2D eigenvalue weighted by Crippen LogP contribution is 2.75. The van der Waals surface area contributed by atoms with Gasteiger partial charge in [-0.25, -0.2) is 0 Å². The molecule has 394 valence electrons. The van der Waals surface area contributed by atoms with E-state index < -0.39 is 158 Å². The average Bonchev–Trinajstić information content (AvgIpc) is 3.55. The first-order valence-corrected chi connectivity index (χ1v) is 24.9. The first-order chi connectivity index (χ1) is 31.6. The summed E-state index contributed by atoms with van der Waals surface area (Å²) in [6.45, 7) is 16.0. The average molecular weight is 977 g/mol. The van der Waals surface area contributed by atoms with Crippen molar-refractivity contribution in [3.8, 4) is 0 Å². The Hall–Kier alpha value is -1.02. The largest absolute Gasteiger partial charge is 0.394 e. The van der Waals surface area contributed by atoms with Crippen molar-refractivity contribution >= 4 is 0 Å². The van der Waals surface area contributed by atoms with Crippen LogP contribution < -0.4 is 0 Å². The summed E-state index contributed by atoms with van der Waals surface area (Å²) in [4.78, 5) is 0. The lowest BCUT2D eigenvalue weighted by atomic mass is 9.38. The highest BCUT2D eigenvalue weighted by Gasteiger charge is 2.70. The molecule has 7 aliphatic rings. The van der Waals surface area contributed by atoms with Gasteiger partial charge in [-0.3, -0.25) is 0 Å². The summed E-state index contributed by atoms with van der Waals surface area (Å²) in [5.41, 5.74) is -2.15. The Morgan fingerprint density at radius 2 is 1.29 bits per heavy atom. The molecular weight excluding hydrogens is 893 g/mol. The summed E-state index contributed by atoms with van der Waals surface area (Å²) in [5, 5.41) is 141. The quantitative estimate of drug-likeness (QED) is 0.0947. The number of rotatable bonds is 14. The van der Waals surface area contributed by atoms with Crippen molar-refractivity contribution in [3.05, 3.63) is 11.6 Å². The standard InChI is InChI=1S/C49H84O19/c1-21(26(52)16-33(46(5,6)62)68-44-41(61)39(59)37(57)29(66-44)20-63-42-35(55)22(2)34(54)27(18-50)64-42)23-14-15-47(7)30-12-10-24-25(49(30,9)31(53)17-48(23,47)8)11-13-32(45(24,3)4)67-43-40(60)38(58)36(56)28(19-51)65-43/h10,21-23,25-44,50-62H,11-20H2,1-9H3/t21-,22-,23+,25+,26?,27+,28+,29+,30-,31-,32-,33+,34-,35+,36+,37+,38-,39-,40+,41+,42+,43-,44-,47-,48+,49-/m0/s1. The molecule has 0 aromatic heterocycles. The van der Waals surface area contributed by atoms with Gasteiger partial charge in [0.15, 0.2) is 18.9 Å². The highest BCUT2D eigenvalue weighted by atomic mass is 16.7. The van der Waals surface area contributed by atoms with E-state index >= 15 is 0 Å². The number of hydrogen-bond donors (Lipinski definition) is 13. The van der Waals surface area contributed by atoms with Gasteiger partial charge in [0.1, 0.15) is 61.0 Å². The van der Waals surface area contributed by atoms with Crippen LogP contribution in [-0.2, 0) is 28.4 Å². The zero-order valence-corrected chi connectivity index (χ0v) is 41.2. The third-order valence-corrected chi connectivity index (χ3v) is 19.2.